The average Bonchev–Trinajstić information content (AvgIpc) is 2.35. The van der Waals surface area contributed by atoms with Crippen LogP contribution in [0.4, 0.5) is 5.69 Å². The Morgan fingerprint density at radius 2 is 2.12 bits per heavy atom. The number of nitrogens with zero attached hydrogens (tertiary/aromatic N) is 2. The number of aromatic nitrogens is 1. The SMILES string of the molecule is CC1CCC(Oc2nccc(C#N)c2N)CC1. The van der Waals surface area contributed by atoms with Crippen LogP contribution >= 0.6 is 0 Å². The van der Waals surface area contributed by atoms with Crippen molar-refractivity contribution in [3.63, 3.8) is 0 Å². The minimum absolute atomic E-state index is 0.190. The van der Waals surface area contributed by atoms with Crippen molar-refractivity contribution in [2.45, 2.75) is 38.7 Å². The molecule has 0 bridgehead atoms. The molecule has 1 fully saturated rings. The standard InChI is InChI=1S/C13H17N3O/c1-9-2-4-11(5-3-9)17-13-12(15)10(8-14)6-7-16-13/h6-7,9,11H,2-5,15H2,1H3. The van der Waals surface area contributed by atoms with Gasteiger partial charge in [-0.2, -0.15) is 5.26 Å². The smallest absolute Gasteiger partial charge is 0.238 e. The summed E-state index contributed by atoms with van der Waals surface area (Å²) in [6, 6.07) is 3.64. The zero-order chi connectivity index (χ0) is 12.3. The molecule has 4 nitrogen and oxygen atoms in total. The molecule has 4 heteroatoms. The first-order valence-corrected chi connectivity index (χ1v) is 6.02. The first kappa shape index (κ1) is 11.7. The van der Waals surface area contributed by atoms with Gasteiger partial charge in [0.2, 0.25) is 5.88 Å². The van der Waals surface area contributed by atoms with Crippen molar-refractivity contribution < 1.29 is 4.74 Å². The van der Waals surface area contributed by atoms with E-state index in [1.807, 2.05) is 6.07 Å². The molecule has 0 aliphatic heterocycles. The van der Waals surface area contributed by atoms with Crippen LogP contribution in [0.15, 0.2) is 12.3 Å². The number of nitrogens with two attached hydrogens (primary N) is 1. The van der Waals surface area contributed by atoms with Crippen molar-refractivity contribution in [2.24, 2.45) is 5.92 Å². The van der Waals surface area contributed by atoms with Crippen molar-refractivity contribution in [2.75, 3.05) is 5.73 Å². The molecule has 1 aliphatic carbocycles. The number of anilines is 1. The van der Waals surface area contributed by atoms with E-state index in [-0.39, 0.29) is 6.10 Å². The normalized spacial score (nSPS) is 24.0. The summed E-state index contributed by atoms with van der Waals surface area (Å²) in [5.74, 6) is 1.19. The highest BCUT2D eigenvalue weighted by molar-refractivity contribution is 5.59. The minimum atomic E-state index is 0.190. The Labute approximate surface area is 101 Å². The maximum Gasteiger partial charge on any atom is 0.238 e. The van der Waals surface area contributed by atoms with E-state index in [2.05, 4.69) is 11.9 Å². The molecule has 0 radical (unpaired) electrons. The lowest BCUT2D eigenvalue weighted by molar-refractivity contribution is 0.131. The van der Waals surface area contributed by atoms with E-state index in [0.29, 0.717) is 17.1 Å². The van der Waals surface area contributed by atoms with E-state index in [9.17, 15) is 0 Å². The largest absolute Gasteiger partial charge is 0.473 e. The predicted molar refractivity (Wildman–Crippen MR) is 65.4 cm³/mol. The van der Waals surface area contributed by atoms with Crippen molar-refractivity contribution in [3.05, 3.63) is 17.8 Å². The molecule has 2 N–H and O–H groups in total. The van der Waals surface area contributed by atoms with Crippen LogP contribution in [-0.2, 0) is 0 Å². The Morgan fingerprint density at radius 1 is 1.41 bits per heavy atom. The zero-order valence-corrected chi connectivity index (χ0v) is 10.0. The van der Waals surface area contributed by atoms with Gasteiger partial charge < -0.3 is 10.5 Å². The number of pyridine rings is 1. The molecule has 1 aliphatic rings. The molecule has 0 saturated heterocycles. The maximum absolute atomic E-state index is 8.87. The molecular weight excluding hydrogens is 214 g/mol. The molecule has 0 unspecified atom stereocenters. The molecule has 0 amide bonds. The van der Waals surface area contributed by atoms with Gasteiger partial charge in [-0.3, -0.25) is 0 Å². The van der Waals surface area contributed by atoms with E-state index in [4.69, 9.17) is 15.7 Å². The van der Waals surface area contributed by atoms with E-state index >= 15 is 0 Å². The second kappa shape index (κ2) is 5.05. The highest BCUT2D eigenvalue weighted by atomic mass is 16.5. The van der Waals surface area contributed by atoms with Crippen LogP contribution in [0.25, 0.3) is 0 Å². The quantitative estimate of drug-likeness (QED) is 0.848. The summed E-state index contributed by atoms with van der Waals surface area (Å²) in [5.41, 5.74) is 6.61. The number of hydrogen-bond acceptors (Lipinski definition) is 4. The van der Waals surface area contributed by atoms with Gasteiger partial charge >= 0.3 is 0 Å². The van der Waals surface area contributed by atoms with Crippen LogP contribution in [0.2, 0.25) is 0 Å². The highest BCUT2D eigenvalue weighted by Gasteiger charge is 2.21. The summed E-state index contributed by atoms with van der Waals surface area (Å²) in [6.07, 6.45) is 6.20. The third-order valence-corrected chi connectivity index (χ3v) is 3.32. The van der Waals surface area contributed by atoms with Gasteiger partial charge in [0.25, 0.3) is 0 Å². The molecule has 0 spiro atoms. The van der Waals surface area contributed by atoms with Gasteiger partial charge in [0.15, 0.2) is 0 Å². The summed E-state index contributed by atoms with van der Waals surface area (Å²) in [4.78, 5) is 4.10. The summed E-state index contributed by atoms with van der Waals surface area (Å²) >= 11 is 0. The molecule has 90 valence electrons. The molecule has 0 atom stereocenters. The predicted octanol–water partition coefficient (Wildman–Crippen LogP) is 2.49. The Hall–Kier alpha value is -1.76. The van der Waals surface area contributed by atoms with Gasteiger partial charge in [0.05, 0.1) is 5.56 Å². The van der Waals surface area contributed by atoms with Crippen LogP contribution in [0.3, 0.4) is 0 Å². The molecule has 1 aromatic heterocycles. The summed E-state index contributed by atoms with van der Waals surface area (Å²) in [6.45, 7) is 2.26. The Kier molecular flexibility index (Phi) is 3.48. The first-order chi connectivity index (χ1) is 8.20. The van der Waals surface area contributed by atoms with Crippen LogP contribution in [-0.4, -0.2) is 11.1 Å². The molecule has 1 heterocycles. The van der Waals surface area contributed by atoms with Crippen LogP contribution < -0.4 is 10.5 Å². The lowest BCUT2D eigenvalue weighted by Gasteiger charge is -2.26. The Morgan fingerprint density at radius 3 is 2.76 bits per heavy atom. The number of nitrogen functional groups attached to an aromatic ring is 1. The van der Waals surface area contributed by atoms with Crippen LogP contribution in [0.1, 0.15) is 38.2 Å². The average molecular weight is 231 g/mol. The fourth-order valence-electron chi connectivity index (χ4n) is 2.15. The third kappa shape index (κ3) is 2.68. The topological polar surface area (TPSA) is 71.9 Å². The molecule has 1 aromatic rings. The molecule has 0 aromatic carbocycles. The number of ether oxygens (including phenoxy) is 1. The Balaban J connectivity index is 2.06. The van der Waals surface area contributed by atoms with Crippen molar-refractivity contribution in [1.82, 2.24) is 4.98 Å². The third-order valence-electron chi connectivity index (χ3n) is 3.32. The summed E-state index contributed by atoms with van der Waals surface area (Å²) in [5, 5.41) is 8.87. The number of hydrogen-bond donors (Lipinski definition) is 1. The second-order valence-electron chi connectivity index (χ2n) is 4.69. The lowest BCUT2D eigenvalue weighted by atomic mass is 9.89. The van der Waals surface area contributed by atoms with Crippen molar-refractivity contribution in [3.8, 4) is 11.9 Å². The van der Waals surface area contributed by atoms with E-state index in [0.717, 1.165) is 18.8 Å². The van der Waals surface area contributed by atoms with Gasteiger partial charge in [0.1, 0.15) is 17.9 Å². The summed E-state index contributed by atoms with van der Waals surface area (Å²) < 4.78 is 5.79. The van der Waals surface area contributed by atoms with Gasteiger partial charge in [0, 0.05) is 6.20 Å². The Bertz CT molecular complexity index is 431. The second-order valence-corrected chi connectivity index (χ2v) is 4.69. The maximum atomic E-state index is 8.87. The number of nitriles is 1. The van der Waals surface area contributed by atoms with E-state index in [1.165, 1.54) is 12.8 Å². The number of rotatable bonds is 2. The monoisotopic (exact) mass is 231 g/mol. The molecule has 17 heavy (non-hydrogen) atoms. The van der Waals surface area contributed by atoms with Gasteiger partial charge in [-0.25, -0.2) is 4.98 Å². The van der Waals surface area contributed by atoms with Gasteiger partial charge in [-0.05, 0) is 37.7 Å². The van der Waals surface area contributed by atoms with Crippen molar-refractivity contribution in [1.29, 1.82) is 5.26 Å². The highest BCUT2D eigenvalue weighted by Crippen LogP contribution is 2.29. The fourth-order valence-corrected chi connectivity index (χ4v) is 2.15. The van der Waals surface area contributed by atoms with Crippen LogP contribution in [0.5, 0.6) is 5.88 Å². The molecular formula is C13H17N3O. The first-order valence-electron chi connectivity index (χ1n) is 6.02. The zero-order valence-electron chi connectivity index (χ0n) is 10.0. The molecule has 2 rings (SSSR count). The minimum Gasteiger partial charge on any atom is -0.473 e. The fraction of sp³-hybridized carbons (Fsp3) is 0.538. The van der Waals surface area contributed by atoms with Crippen molar-refractivity contribution >= 4 is 5.69 Å². The van der Waals surface area contributed by atoms with Gasteiger partial charge in [-0.15, -0.1) is 0 Å². The van der Waals surface area contributed by atoms with Gasteiger partial charge in [-0.1, -0.05) is 6.92 Å². The van der Waals surface area contributed by atoms with E-state index < -0.39 is 0 Å². The van der Waals surface area contributed by atoms with Crippen LogP contribution in [0, 0.1) is 17.2 Å². The van der Waals surface area contributed by atoms with E-state index in [1.54, 1.807) is 12.3 Å². The summed E-state index contributed by atoms with van der Waals surface area (Å²) in [7, 11) is 0. The molecule has 1 saturated carbocycles. The lowest BCUT2D eigenvalue weighted by Crippen LogP contribution is -2.24.